The van der Waals surface area contributed by atoms with Crippen molar-refractivity contribution in [3.8, 4) is 10.4 Å². The second-order valence-electron chi connectivity index (χ2n) is 6.01. The smallest absolute Gasteiger partial charge is 0.339 e. The number of hydrogen-bond acceptors (Lipinski definition) is 4. The summed E-state index contributed by atoms with van der Waals surface area (Å²) in [7, 11) is 0. The summed E-state index contributed by atoms with van der Waals surface area (Å²) in [5.41, 5.74) is -0.884. The minimum Gasteiger partial charge on any atom is -0.478 e. The number of carboxylic acid groups (broad SMARTS) is 1. The number of benzene rings is 2. The highest BCUT2D eigenvalue weighted by Gasteiger charge is 2.26. The second-order valence-corrected chi connectivity index (χ2v) is 6.89. The van der Waals surface area contributed by atoms with Crippen molar-refractivity contribution in [2.45, 2.75) is 0 Å². The van der Waals surface area contributed by atoms with E-state index in [4.69, 9.17) is 4.42 Å². The SMILES string of the molecule is O=C(Nc1csc(-c2c(F)cc(F)cc2F)c1C(=O)O)c1cc2ccccc2o1. The van der Waals surface area contributed by atoms with Gasteiger partial charge >= 0.3 is 5.97 Å². The topological polar surface area (TPSA) is 79.5 Å². The molecule has 0 spiro atoms. The maximum atomic E-state index is 14.1. The van der Waals surface area contributed by atoms with Gasteiger partial charge in [0.1, 0.15) is 28.6 Å². The Kier molecular flexibility index (Phi) is 4.59. The van der Waals surface area contributed by atoms with Crippen molar-refractivity contribution >= 4 is 39.9 Å². The van der Waals surface area contributed by atoms with E-state index in [2.05, 4.69) is 5.32 Å². The molecular weight excluding hydrogens is 407 g/mol. The Hall–Kier alpha value is -3.59. The zero-order valence-corrected chi connectivity index (χ0v) is 15.1. The van der Waals surface area contributed by atoms with Gasteiger partial charge in [0.05, 0.1) is 16.1 Å². The Bertz CT molecular complexity index is 1220. The van der Waals surface area contributed by atoms with Crippen LogP contribution in [0.4, 0.5) is 18.9 Å². The van der Waals surface area contributed by atoms with Crippen molar-refractivity contribution in [3.63, 3.8) is 0 Å². The number of carbonyl (C=O) groups excluding carboxylic acids is 1. The van der Waals surface area contributed by atoms with Gasteiger partial charge in [-0.05, 0) is 12.1 Å². The van der Waals surface area contributed by atoms with Crippen LogP contribution in [0, 0.1) is 17.5 Å². The first-order chi connectivity index (χ1) is 13.8. The zero-order valence-electron chi connectivity index (χ0n) is 14.3. The third kappa shape index (κ3) is 3.36. The molecule has 2 heterocycles. The van der Waals surface area contributed by atoms with Crippen LogP contribution >= 0.6 is 11.3 Å². The number of fused-ring (bicyclic) bond motifs is 1. The van der Waals surface area contributed by atoms with Crippen LogP contribution in [0.2, 0.25) is 0 Å². The van der Waals surface area contributed by atoms with E-state index < -0.39 is 40.5 Å². The average molecular weight is 417 g/mol. The summed E-state index contributed by atoms with van der Waals surface area (Å²) in [6.45, 7) is 0. The Morgan fingerprint density at radius 3 is 2.38 bits per heavy atom. The molecule has 29 heavy (non-hydrogen) atoms. The molecular formula is C20H10F3NO4S. The molecule has 0 aliphatic rings. The summed E-state index contributed by atoms with van der Waals surface area (Å²) < 4.78 is 46.9. The van der Waals surface area contributed by atoms with E-state index in [1.807, 2.05) is 0 Å². The van der Waals surface area contributed by atoms with Crippen molar-refractivity contribution in [1.29, 1.82) is 0 Å². The highest BCUT2D eigenvalue weighted by atomic mass is 32.1. The van der Waals surface area contributed by atoms with Crippen LogP contribution in [0.25, 0.3) is 21.4 Å². The normalized spacial score (nSPS) is 11.0. The number of furan rings is 1. The zero-order chi connectivity index (χ0) is 20.7. The average Bonchev–Trinajstić information content (AvgIpc) is 3.25. The lowest BCUT2D eigenvalue weighted by Gasteiger charge is -2.07. The number of carboxylic acids is 1. The molecule has 0 fully saturated rings. The molecule has 2 N–H and O–H groups in total. The fraction of sp³-hybridized carbons (Fsp3) is 0. The number of amides is 1. The van der Waals surface area contributed by atoms with Gasteiger partial charge in [-0.1, -0.05) is 18.2 Å². The quantitative estimate of drug-likeness (QED) is 0.458. The predicted octanol–water partition coefficient (Wildman–Crippen LogP) is 5.53. The van der Waals surface area contributed by atoms with Crippen LogP contribution in [-0.2, 0) is 0 Å². The van der Waals surface area contributed by atoms with Crippen molar-refractivity contribution in [1.82, 2.24) is 0 Å². The van der Waals surface area contributed by atoms with E-state index in [9.17, 15) is 27.9 Å². The third-order valence-corrected chi connectivity index (χ3v) is 5.13. The molecule has 0 aliphatic carbocycles. The molecule has 0 atom stereocenters. The molecule has 0 saturated heterocycles. The van der Waals surface area contributed by atoms with Crippen LogP contribution in [0.1, 0.15) is 20.9 Å². The lowest BCUT2D eigenvalue weighted by atomic mass is 10.1. The summed E-state index contributed by atoms with van der Waals surface area (Å²) in [6, 6.07) is 9.29. The van der Waals surface area contributed by atoms with Gasteiger partial charge in [0.25, 0.3) is 5.91 Å². The Morgan fingerprint density at radius 1 is 1.03 bits per heavy atom. The maximum Gasteiger partial charge on any atom is 0.339 e. The Morgan fingerprint density at radius 2 is 1.72 bits per heavy atom. The summed E-state index contributed by atoms with van der Waals surface area (Å²) in [5.74, 6) is -5.92. The lowest BCUT2D eigenvalue weighted by molar-refractivity contribution is 0.0699. The lowest BCUT2D eigenvalue weighted by Crippen LogP contribution is -2.13. The standard InChI is InChI=1S/C20H10F3NO4S/c21-10-6-11(22)16(12(23)7-10)18-17(20(26)27)13(8-29-18)24-19(25)15-5-9-3-1-2-4-14(9)28-15/h1-8H,(H,24,25)(H,26,27). The maximum absolute atomic E-state index is 14.1. The Labute approximate surface area is 165 Å². The molecule has 146 valence electrons. The molecule has 0 saturated carbocycles. The van der Waals surface area contributed by atoms with Gasteiger partial charge in [0.2, 0.25) is 0 Å². The van der Waals surface area contributed by atoms with E-state index in [1.165, 1.54) is 11.4 Å². The van der Waals surface area contributed by atoms with E-state index in [1.54, 1.807) is 24.3 Å². The number of para-hydroxylation sites is 1. The van der Waals surface area contributed by atoms with Gasteiger partial charge in [-0.15, -0.1) is 11.3 Å². The molecule has 2 aromatic carbocycles. The van der Waals surface area contributed by atoms with Gasteiger partial charge < -0.3 is 14.8 Å². The van der Waals surface area contributed by atoms with Gasteiger partial charge in [-0.3, -0.25) is 4.79 Å². The third-order valence-electron chi connectivity index (χ3n) is 4.14. The number of halogens is 3. The molecule has 2 aromatic heterocycles. The monoisotopic (exact) mass is 417 g/mol. The predicted molar refractivity (Wildman–Crippen MR) is 101 cm³/mol. The largest absolute Gasteiger partial charge is 0.478 e. The van der Waals surface area contributed by atoms with Crippen LogP contribution in [0.5, 0.6) is 0 Å². The summed E-state index contributed by atoms with van der Waals surface area (Å²) in [5, 5.41) is 13.8. The minimum atomic E-state index is -1.51. The Balaban J connectivity index is 1.74. The number of rotatable bonds is 4. The van der Waals surface area contributed by atoms with E-state index in [-0.39, 0.29) is 16.3 Å². The van der Waals surface area contributed by atoms with Crippen molar-refractivity contribution < 1.29 is 32.3 Å². The van der Waals surface area contributed by atoms with E-state index >= 15 is 0 Å². The summed E-state index contributed by atoms with van der Waals surface area (Å²) in [4.78, 5) is 23.9. The number of aromatic carboxylic acids is 1. The fourth-order valence-electron chi connectivity index (χ4n) is 2.88. The van der Waals surface area contributed by atoms with Gasteiger partial charge in [0.15, 0.2) is 5.76 Å². The first kappa shape index (κ1) is 18.8. The van der Waals surface area contributed by atoms with Crippen LogP contribution in [0.15, 0.2) is 52.3 Å². The molecule has 9 heteroatoms. The highest BCUT2D eigenvalue weighted by Crippen LogP contribution is 2.39. The molecule has 0 unspecified atom stereocenters. The van der Waals surface area contributed by atoms with E-state index in [0.29, 0.717) is 34.4 Å². The van der Waals surface area contributed by atoms with Crippen LogP contribution in [-0.4, -0.2) is 17.0 Å². The number of thiophene rings is 1. The fourth-order valence-corrected chi connectivity index (χ4v) is 3.92. The number of carbonyl (C=O) groups is 2. The molecule has 5 nitrogen and oxygen atoms in total. The first-order valence-corrected chi connectivity index (χ1v) is 9.02. The summed E-state index contributed by atoms with van der Waals surface area (Å²) >= 11 is 0.705. The van der Waals surface area contributed by atoms with Crippen molar-refractivity contribution in [2.24, 2.45) is 0 Å². The molecule has 1 amide bonds. The number of nitrogens with one attached hydrogen (secondary N) is 1. The van der Waals surface area contributed by atoms with Crippen molar-refractivity contribution in [3.05, 3.63) is 76.6 Å². The number of hydrogen-bond donors (Lipinski definition) is 2. The highest BCUT2D eigenvalue weighted by molar-refractivity contribution is 7.14. The first-order valence-electron chi connectivity index (χ1n) is 8.14. The van der Waals surface area contributed by atoms with Gasteiger partial charge in [-0.25, -0.2) is 18.0 Å². The van der Waals surface area contributed by atoms with E-state index in [0.717, 1.165) is 0 Å². The second kappa shape index (κ2) is 7.10. The summed E-state index contributed by atoms with van der Waals surface area (Å²) in [6.07, 6.45) is 0. The number of anilines is 1. The van der Waals surface area contributed by atoms with Crippen LogP contribution < -0.4 is 5.32 Å². The minimum absolute atomic E-state index is 0.0607. The molecule has 4 aromatic rings. The molecule has 0 bridgehead atoms. The van der Waals surface area contributed by atoms with Gasteiger partial charge in [0, 0.05) is 22.9 Å². The molecule has 0 aliphatic heterocycles. The van der Waals surface area contributed by atoms with Crippen molar-refractivity contribution in [2.75, 3.05) is 5.32 Å². The van der Waals surface area contributed by atoms with Gasteiger partial charge in [-0.2, -0.15) is 0 Å². The molecule has 4 rings (SSSR count). The molecule has 0 radical (unpaired) electrons. The van der Waals surface area contributed by atoms with Crippen LogP contribution in [0.3, 0.4) is 0 Å².